The van der Waals surface area contributed by atoms with Gasteiger partial charge in [0.1, 0.15) is 6.29 Å². The molecule has 5 heteroatoms. The Morgan fingerprint density at radius 3 is 2.45 bits per heavy atom. The van der Waals surface area contributed by atoms with Gasteiger partial charge in [-0.1, -0.05) is 0 Å². The summed E-state index contributed by atoms with van der Waals surface area (Å²) in [6.45, 7) is 1.42. The Morgan fingerprint density at radius 2 is 2.09 bits per heavy atom. The van der Waals surface area contributed by atoms with Crippen LogP contribution in [0, 0.1) is 0 Å². The second kappa shape index (κ2) is 4.46. The predicted octanol–water partition coefficient (Wildman–Crippen LogP) is 0.632. The highest BCUT2D eigenvalue weighted by atomic mass is 32.2. The third-order valence-corrected chi connectivity index (χ3v) is 2.69. The van der Waals surface area contributed by atoms with Crippen LogP contribution in [0.2, 0.25) is 0 Å². The lowest BCUT2D eigenvalue weighted by Crippen LogP contribution is -2.16. The Morgan fingerprint density at radius 1 is 1.55 bits per heavy atom. The summed E-state index contributed by atoms with van der Waals surface area (Å²) in [7, 11) is -3.90. The van der Waals surface area contributed by atoms with Crippen LogP contribution in [0.5, 0.6) is 0 Å². The van der Waals surface area contributed by atoms with E-state index in [2.05, 4.69) is 0 Å². The molecule has 0 saturated heterocycles. The van der Waals surface area contributed by atoms with Crippen LogP contribution in [-0.4, -0.2) is 24.5 Å². The molecule has 1 N–H and O–H groups in total. The zero-order valence-electron chi connectivity index (χ0n) is 6.36. The first-order valence-corrected chi connectivity index (χ1v) is 4.88. The maximum absolute atomic E-state index is 10.4. The fourth-order valence-electron chi connectivity index (χ4n) is 0.638. The molecule has 0 aromatic carbocycles. The molecule has 0 aromatic rings. The Kier molecular flexibility index (Phi) is 4.29. The molecule has 0 amide bonds. The Bertz CT molecular complexity index is 207. The van der Waals surface area contributed by atoms with Gasteiger partial charge >= 0.3 is 0 Å². The Balaban J connectivity index is 3.70. The van der Waals surface area contributed by atoms with E-state index < -0.39 is 15.4 Å². The smallest absolute Gasteiger partial charge is 0.267 e. The van der Waals surface area contributed by atoms with Gasteiger partial charge in [-0.25, -0.2) is 0 Å². The monoisotopic (exact) mass is 180 g/mol. The molecule has 4 nitrogen and oxygen atoms in total. The van der Waals surface area contributed by atoms with Gasteiger partial charge in [-0.05, 0) is 19.8 Å². The summed E-state index contributed by atoms with van der Waals surface area (Å²) in [5.74, 6) is 0. The SMILES string of the molecule is CC(CCCC=O)S(=O)(=O)O. The van der Waals surface area contributed by atoms with Gasteiger partial charge in [0, 0.05) is 6.42 Å². The van der Waals surface area contributed by atoms with E-state index in [4.69, 9.17) is 4.55 Å². The van der Waals surface area contributed by atoms with Crippen molar-refractivity contribution in [3.05, 3.63) is 0 Å². The van der Waals surface area contributed by atoms with Crippen LogP contribution in [0.25, 0.3) is 0 Å². The lowest BCUT2D eigenvalue weighted by molar-refractivity contribution is -0.107. The van der Waals surface area contributed by atoms with Crippen LogP contribution in [0.3, 0.4) is 0 Å². The summed E-state index contributed by atoms with van der Waals surface area (Å²) in [6.07, 6.45) is 1.92. The lowest BCUT2D eigenvalue weighted by atomic mass is 10.2. The van der Waals surface area contributed by atoms with Crippen molar-refractivity contribution in [2.45, 2.75) is 31.4 Å². The molecule has 0 bridgehead atoms. The standard InChI is InChI=1S/C6H12O4S/c1-6(11(8,9)10)4-2-3-5-7/h5-6H,2-4H2,1H3,(H,8,9,10). The van der Waals surface area contributed by atoms with Gasteiger partial charge in [0.15, 0.2) is 0 Å². The molecule has 66 valence electrons. The van der Waals surface area contributed by atoms with Crippen LogP contribution in [0.15, 0.2) is 0 Å². The molecule has 11 heavy (non-hydrogen) atoms. The zero-order chi connectivity index (χ0) is 8.91. The molecule has 0 rings (SSSR count). The molecule has 1 atom stereocenters. The van der Waals surface area contributed by atoms with Crippen molar-refractivity contribution in [1.29, 1.82) is 0 Å². The number of unbranched alkanes of at least 4 members (excludes halogenated alkanes) is 1. The van der Waals surface area contributed by atoms with E-state index in [1.165, 1.54) is 6.92 Å². The molecule has 0 fully saturated rings. The third-order valence-electron chi connectivity index (χ3n) is 1.44. The summed E-state index contributed by atoms with van der Waals surface area (Å²) in [4.78, 5) is 9.82. The van der Waals surface area contributed by atoms with E-state index in [1.807, 2.05) is 0 Å². The van der Waals surface area contributed by atoms with E-state index in [-0.39, 0.29) is 0 Å². The molecule has 0 heterocycles. The number of carbonyl (C=O) groups is 1. The van der Waals surface area contributed by atoms with Crippen molar-refractivity contribution in [3.8, 4) is 0 Å². The van der Waals surface area contributed by atoms with Crippen molar-refractivity contribution in [1.82, 2.24) is 0 Å². The number of hydrogen-bond acceptors (Lipinski definition) is 3. The quantitative estimate of drug-likeness (QED) is 0.382. The van der Waals surface area contributed by atoms with Crippen molar-refractivity contribution >= 4 is 16.4 Å². The molecule has 0 aliphatic carbocycles. The van der Waals surface area contributed by atoms with Crippen LogP contribution in [0.1, 0.15) is 26.2 Å². The van der Waals surface area contributed by atoms with Crippen molar-refractivity contribution in [2.75, 3.05) is 0 Å². The van der Waals surface area contributed by atoms with Gasteiger partial charge in [-0.2, -0.15) is 8.42 Å². The van der Waals surface area contributed by atoms with E-state index >= 15 is 0 Å². The molecular weight excluding hydrogens is 168 g/mol. The Hall–Kier alpha value is -0.420. The average Bonchev–Trinajstić information content (AvgIpc) is 1.86. The molecule has 0 saturated carbocycles. The zero-order valence-corrected chi connectivity index (χ0v) is 7.17. The van der Waals surface area contributed by atoms with Gasteiger partial charge in [-0.3, -0.25) is 4.55 Å². The topological polar surface area (TPSA) is 71.4 Å². The number of carbonyl (C=O) groups excluding carboxylic acids is 1. The van der Waals surface area contributed by atoms with E-state index in [0.717, 1.165) is 6.29 Å². The lowest BCUT2D eigenvalue weighted by Gasteiger charge is -2.04. The minimum Gasteiger partial charge on any atom is -0.303 e. The highest BCUT2D eigenvalue weighted by Gasteiger charge is 2.15. The summed E-state index contributed by atoms with van der Waals surface area (Å²) in [5, 5.41) is -0.762. The number of rotatable bonds is 5. The first-order chi connectivity index (χ1) is 4.98. The fourth-order valence-corrected chi connectivity index (χ4v) is 1.10. The average molecular weight is 180 g/mol. The molecule has 0 spiro atoms. The Labute approximate surface area is 66.4 Å². The second-order valence-electron chi connectivity index (χ2n) is 2.42. The minimum atomic E-state index is -3.90. The maximum Gasteiger partial charge on any atom is 0.267 e. The van der Waals surface area contributed by atoms with E-state index in [0.29, 0.717) is 19.3 Å². The van der Waals surface area contributed by atoms with Gasteiger partial charge in [-0.15, -0.1) is 0 Å². The van der Waals surface area contributed by atoms with Gasteiger partial charge in [0.25, 0.3) is 10.1 Å². The van der Waals surface area contributed by atoms with Crippen molar-refractivity contribution in [2.24, 2.45) is 0 Å². The van der Waals surface area contributed by atoms with Crippen molar-refractivity contribution < 1.29 is 17.8 Å². The first-order valence-electron chi connectivity index (χ1n) is 3.38. The molecule has 0 aliphatic heterocycles. The molecule has 0 aliphatic rings. The summed E-state index contributed by atoms with van der Waals surface area (Å²) >= 11 is 0. The summed E-state index contributed by atoms with van der Waals surface area (Å²) in [5.41, 5.74) is 0. The molecule has 0 aromatic heterocycles. The van der Waals surface area contributed by atoms with E-state index in [1.54, 1.807) is 0 Å². The summed E-state index contributed by atoms with van der Waals surface area (Å²) < 4.78 is 29.3. The third kappa shape index (κ3) is 4.92. The predicted molar refractivity (Wildman–Crippen MR) is 40.9 cm³/mol. The largest absolute Gasteiger partial charge is 0.303 e. The first kappa shape index (κ1) is 10.6. The molecular formula is C6H12O4S. The minimum absolute atomic E-state index is 0.331. The maximum atomic E-state index is 10.4. The molecule has 1 unspecified atom stereocenters. The van der Waals surface area contributed by atoms with Crippen LogP contribution < -0.4 is 0 Å². The fraction of sp³-hybridized carbons (Fsp3) is 0.833. The van der Waals surface area contributed by atoms with Gasteiger partial charge < -0.3 is 4.79 Å². The highest BCUT2D eigenvalue weighted by Crippen LogP contribution is 2.06. The van der Waals surface area contributed by atoms with Gasteiger partial charge in [0.05, 0.1) is 5.25 Å². The van der Waals surface area contributed by atoms with Crippen LogP contribution in [-0.2, 0) is 14.9 Å². The van der Waals surface area contributed by atoms with Crippen LogP contribution in [0.4, 0.5) is 0 Å². The summed E-state index contributed by atoms with van der Waals surface area (Å²) in [6, 6.07) is 0. The number of aldehydes is 1. The highest BCUT2D eigenvalue weighted by molar-refractivity contribution is 7.86. The normalized spacial score (nSPS) is 14.4. The van der Waals surface area contributed by atoms with E-state index in [9.17, 15) is 13.2 Å². The molecule has 0 radical (unpaired) electrons. The van der Waals surface area contributed by atoms with Crippen LogP contribution >= 0.6 is 0 Å². The second-order valence-corrected chi connectivity index (χ2v) is 4.26. The number of hydrogen-bond donors (Lipinski definition) is 1. The van der Waals surface area contributed by atoms with Gasteiger partial charge in [0.2, 0.25) is 0 Å². The van der Waals surface area contributed by atoms with Crippen molar-refractivity contribution in [3.63, 3.8) is 0 Å².